The van der Waals surface area contributed by atoms with Crippen LogP contribution in [0.1, 0.15) is 33.1 Å². The number of rotatable bonds is 4. The average Bonchev–Trinajstić information content (AvgIpc) is 3.30. The van der Waals surface area contributed by atoms with Crippen LogP contribution in [0.3, 0.4) is 0 Å². The molecule has 0 unspecified atom stereocenters. The van der Waals surface area contributed by atoms with Crippen LogP contribution in [0.15, 0.2) is 58.4 Å². The summed E-state index contributed by atoms with van der Waals surface area (Å²) in [5, 5.41) is 9.87. The Bertz CT molecular complexity index is 1330. The van der Waals surface area contributed by atoms with Crippen molar-refractivity contribution in [2.45, 2.75) is 17.4 Å². The first-order chi connectivity index (χ1) is 15.8. The van der Waals surface area contributed by atoms with E-state index in [1.807, 2.05) is 12.1 Å². The summed E-state index contributed by atoms with van der Waals surface area (Å²) in [6.07, 6.45) is -0.0122. The quantitative estimate of drug-likeness (QED) is 0.548. The summed E-state index contributed by atoms with van der Waals surface area (Å²) in [5.41, 5.74) is 0.147. The number of ether oxygens (including phenoxy) is 1. The number of amides is 2. The minimum absolute atomic E-state index is 0.0122. The van der Waals surface area contributed by atoms with Crippen LogP contribution in [0, 0.1) is 5.41 Å². The maximum Gasteiger partial charge on any atom is 0.335 e. The predicted molar refractivity (Wildman–Crippen MR) is 123 cm³/mol. The third kappa shape index (κ3) is 3.37. The molecule has 2 N–H and O–H groups in total. The molecule has 2 aliphatic rings. The molecule has 0 radical (unpaired) electrons. The first-order valence-corrected chi connectivity index (χ1v) is 11.8. The van der Waals surface area contributed by atoms with Gasteiger partial charge in [-0.3, -0.25) is 14.4 Å². The fraction of sp³-hybridized carbons (Fsp3) is 0.217. The van der Waals surface area contributed by atoms with Crippen molar-refractivity contribution in [2.75, 3.05) is 17.8 Å². The molecule has 1 fully saturated rings. The molecular weight excluding hydrogens is 464 g/mol. The smallest absolute Gasteiger partial charge is 0.335 e. The molecule has 8 nitrogen and oxygen atoms in total. The van der Waals surface area contributed by atoms with Crippen LogP contribution < -0.4 is 14.5 Å². The van der Waals surface area contributed by atoms with Gasteiger partial charge in [-0.25, -0.2) is 9.69 Å². The molecule has 3 aromatic rings. The predicted octanol–water partition coefficient (Wildman–Crippen LogP) is 3.33. The van der Waals surface area contributed by atoms with Gasteiger partial charge in [0.25, 0.3) is 0 Å². The molecule has 2 atom stereocenters. The number of aromatic amines is 1. The number of hydrogen-bond acceptors (Lipinski definition) is 7. The number of thiazole rings is 1. The summed E-state index contributed by atoms with van der Waals surface area (Å²) in [7, 11) is 1.57. The van der Waals surface area contributed by atoms with Gasteiger partial charge in [-0.2, -0.15) is 0 Å². The van der Waals surface area contributed by atoms with Crippen LogP contribution in [0.4, 0.5) is 5.69 Å². The molecule has 1 aromatic heterocycles. The maximum atomic E-state index is 13.9. The van der Waals surface area contributed by atoms with E-state index in [-0.39, 0.29) is 28.7 Å². The van der Waals surface area contributed by atoms with E-state index in [1.54, 1.807) is 19.2 Å². The summed E-state index contributed by atoms with van der Waals surface area (Å²) in [5.74, 6) is -1.28. The van der Waals surface area contributed by atoms with Gasteiger partial charge in [0.2, 0.25) is 11.8 Å². The number of nitrogens with one attached hydrogen (secondary N) is 1. The molecular formula is C23H18N2O6S2. The Morgan fingerprint density at radius 3 is 2.45 bits per heavy atom. The molecule has 33 heavy (non-hydrogen) atoms. The summed E-state index contributed by atoms with van der Waals surface area (Å²) in [4.78, 5) is 54.9. The lowest BCUT2D eigenvalue weighted by atomic mass is 9.71. The number of carbonyl (C=O) groups is 3. The lowest BCUT2D eigenvalue weighted by Crippen LogP contribution is -2.43. The van der Waals surface area contributed by atoms with Crippen LogP contribution in [0.2, 0.25) is 0 Å². The molecule has 168 valence electrons. The largest absolute Gasteiger partial charge is 0.497 e. The number of thioether (sulfide) groups is 1. The van der Waals surface area contributed by atoms with Gasteiger partial charge in [0.1, 0.15) is 5.75 Å². The highest BCUT2D eigenvalue weighted by Crippen LogP contribution is 2.57. The normalized spacial score (nSPS) is 22.0. The Morgan fingerprint density at radius 2 is 1.82 bits per heavy atom. The van der Waals surface area contributed by atoms with Gasteiger partial charge in [-0.15, -0.1) is 11.8 Å². The number of aromatic nitrogens is 1. The number of fused-ring (bicyclic) bond motifs is 1. The Balaban J connectivity index is 1.61. The minimum atomic E-state index is -1.09. The number of H-pyrrole nitrogens is 1. The second-order valence-electron chi connectivity index (χ2n) is 7.92. The second kappa shape index (κ2) is 7.89. The van der Waals surface area contributed by atoms with E-state index >= 15 is 0 Å². The van der Waals surface area contributed by atoms with Crippen molar-refractivity contribution in [1.29, 1.82) is 0 Å². The number of benzene rings is 2. The molecule has 0 saturated carbocycles. The van der Waals surface area contributed by atoms with Crippen molar-refractivity contribution in [2.24, 2.45) is 5.41 Å². The van der Waals surface area contributed by atoms with Gasteiger partial charge in [0.05, 0.1) is 28.8 Å². The first-order valence-electron chi connectivity index (χ1n) is 10.0. The molecule has 2 amide bonds. The van der Waals surface area contributed by atoms with Gasteiger partial charge in [0.15, 0.2) is 0 Å². The third-order valence-electron chi connectivity index (χ3n) is 6.10. The number of anilines is 1. The van der Waals surface area contributed by atoms with Crippen molar-refractivity contribution < 1.29 is 24.2 Å². The Morgan fingerprint density at radius 1 is 1.12 bits per heavy atom. The summed E-state index contributed by atoms with van der Waals surface area (Å²) < 4.78 is 5.26. The molecule has 0 aliphatic carbocycles. The fourth-order valence-corrected chi connectivity index (χ4v) is 7.10. The number of carboxylic acids is 1. The zero-order valence-corrected chi connectivity index (χ0v) is 19.0. The van der Waals surface area contributed by atoms with E-state index < -0.39 is 17.3 Å². The molecule has 1 spiro atoms. The van der Waals surface area contributed by atoms with Gasteiger partial charge in [0, 0.05) is 23.0 Å². The number of hydrogen-bond donors (Lipinski definition) is 2. The highest BCUT2D eigenvalue weighted by Gasteiger charge is 2.59. The van der Waals surface area contributed by atoms with Crippen LogP contribution in [-0.4, -0.2) is 40.7 Å². The first kappa shape index (κ1) is 21.5. The van der Waals surface area contributed by atoms with Crippen LogP contribution in [-0.2, 0) is 9.59 Å². The Labute approximate surface area is 196 Å². The number of carbonyl (C=O) groups excluding carboxylic acids is 2. The molecule has 2 aliphatic heterocycles. The highest BCUT2D eigenvalue weighted by molar-refractivity contribution is 7.99. The van der Waals surface area contributed by atoms with E-state index in [1.165, 1.54) is 36.0 Å². The lowest BCUT2D eigenvalue weighted by molar-refractivity contribution is -0.125. The van der Waals surface area contributed by atoms with E-state index in [0.717, 1.165) is 31.7 Å². The summed E-state index contributed by atoms with van der Waals surface area (Å²) in [6, 6.07) is 13.0. The number of nitrogens with zero attached hydrogens (tertiary/aromatic N) is 1. The average molecular weight is 483 g/mol. The fourth-order valence-electron chi connectivity index (χ4n) is 4.54. The molecule has 3 heterocycles. The van der Waals surface area contributed by atoms with E-state index in [2.05, 4.69) is 4.98 Å². The molecule has 0 bridgehead atoms. The number of aromatic carboxylic acids is 1. The van der Waals surface area contributed by atoms with Crippen LogP contribution in [0.25, 0.3) is 0 Å². The van der Waals surface area contributed by atoms with Crippen LogP contribution >= 0.6 is 23.1 Å². The minimum Gasteiger partial charge on any atom is -0.497 e. The number of imide groups is 1. The highest BCUT2D eigenvalue weighted by atomic mass is 32.2. The SMILES string of the molecule is COc1ccc([C@@H]2c3sc(=O)[nH]c3SC[C@@]23CC(=O)N(c2ccc(C(=O)O)cc2)C3=O)cc1. The van der Waals surface area contributed by atoms with Crippen molar-refractivity contribution in [3.05, 3.63) is 74.2 Å². The Kier molecular flexibility index (Phi) is 5.13. The van der Waals surface area contributed by atoms with E-state index in [9.17, 15) is 19.2 Å². The van der Waals surface area contributed by atoms with Gasteiger partial charge in [-0.05, 0) is 42.0 Å². The number of methoxy groups -OCH3 is 1. The molecule has 1 saturated heterocycles. The topological polar surface area (TPSA) is 117 Å². The van der Waals surface area contributed by atoms with E-state index in [4.69, 9.17) is 9.84 Å². The van der Waals surface area contributed by atoms with Gasteiger partial charge < -0.3 is 14.8 Å². The zero-order valence-electron chi connectivity index (χ0n) is 17.4. The van der Waals surface area contributed by atoms with Gasteiger partial charge >= 0.3 is 10.8 Å². The maximum absolute atomic E-state index is 13.9. The van der Waals surface area contributed by atoms with Crippen molar-refractivity contribution in [1.82, 2.24) is 4.98 Å². The second-order valence-corrected chi connectivity index (χ2v) is 9.92. The number of carboxylic acid groups (broad SMARTS) is 1. The monoisotopic (exact) mass is 482 g/mol. The zero-order chi connectivity index (χ0) is 23.3. The van der Waals surface area contributed by atoms with Crippen molar-refractivity contribution in [3.8, 4) is 5.75 Å². The van der Waals surface area contributed by atoms with Crippen molar-refractivity contribution >= 4 is 46.6 Å². The third-order valence-corrected chi connectivity index (χ3v) is 8.44. The Hall–Kier alpha value is -3.37. The van der Waals surface area contributed by atoms with Gasteiger partial charge in [-0.1, -0.05) is 23.5 Å². The molecule has 2 aromatic carbocycles. The molecule has 5 rings (SSSR count). The summed E-state index contributed by atoms with van der Waals surface area (Å²) >= 11 is 2.43. The lowest BCUT2D eigenvalue weighted by Gasteiger charge is -2.38. The van der Waals surface area contributed by atoms with Crippen molar-refractivity contribution in [3.63, 3.8) is 0 Å². The molecule has 10 heteroatoms. The van der Waals surface area contributed by atoms with Crippen LogP contribution in [0.5, 0.6) is 5.75 Å². The van der Waals surface area contributed by atoms with E-state index in [0.29, 0.717) is 17.2 Å². The summed E-state index contributed by atoms with van der Waals surface area (Å²) in [6.45, 7) is 0. The standard InChI is InChI=1S/C23H18N2O6S2/c1-31-15-8-4-12(5-9-15)17-18-19(24-22(30)33-18)32-11-23(17)10-16(26)25(21(23)29)14-6-2-13(3-7-14)20(27)28/h2-9,17H,10-11H2,1H3,(H,24,30)(H,27,28)/t17-,23+/m1/s1.